The van der Waals surface area contributed by atoms with Gasteiger partial charge in [0.15, 0.2) is 0 Å². The van der Waals surface area contributed by atoms with E-state index < -0.39 is 0 Å². The Morgan fingerprint density at radius 2 is 2.21 bits per heavy atom. The van der Waals surface area contributed by atoms with Gasteiger partial charge in [-0.2, -0.15) is 0 Å². The first kappa shape index (κ1) is 13.1. The maximum atomic E-state index is 12.1. The molecule has 0 saturated carbocycles. The monoisotopic (exact) mass is 265 g/mol. The van der Waals surface area contributed by atoms with E-state index >= 15 is 0 Å². The van der Waals surface area contributed by atoms with Gasteiger partial charge in [-0.15, -0.1) is 5.01 Å². The van der Waals surface area contributed by atoms with Crippen molar-refractivity contribution < 1.29 is 14.6 Å². The second kappa shape index (κ2) is 5.98. The molecule has 2 rings (SSSR count). The van der Waals surface area contributed by atoms with E-state index in [9.17, 15) is 10.0 Å². The largest absolute Gasteiger partial charge is 0.569 e. The molecule has 0 radical (unpaired) electrons. The van der Waals surface area contributed by atoms with E-state index in [1.54, 1.807) is 23.2 Å². The maximum Gasteiger partial charge on any atom is 0.255 e. The lowest BCUT2D eigenvalue weighted by Gasteiger charge is -2.31. The second-order valence-electron chi connectivity index (χ2n) is 4.00. The number of carbonyl (C=O) groups is 1. The highest BCUT2D eigenvalue weighted by Crippen LogP contribution is 2.08. The Kier molecular flexibility index (Phi) is 4.11. The van der Waals surface area contributed by atoms with Crippen molar-refractivity contribution in [3.63, 3.8) is 0 Å². The molecular weight excluding hydrogens is 250 g/mol. The van der Waals surface area contributed by atoms with Crippen molar-refractivity contribution >= 4 is 5.91 Å². The van der Waals surface area contributed by atoms with Gasteiger partial charge < -0.3 is 14.9 Å². The van der Waals surface area contributed by atoms with Crippen molar-refractivity contribution in [2.45, 2.75) is 0 Å². The molecule has 0 unspecified atom stereocenters. The van der Waals surface area contributed by atoms with Gasteiger partial charge >= 0.3 is 0 Å². The van der Waals surface area contributed by atoms with Crippen LogP contribution in [0.4, 0.5) is 0 Å². The molecule has 0 N–H and O–H groups in total. The van der Waals surface area contributed by atoms with Gasteiger partial charge in [0.1, 0.15) is 7.11 Å². The van der Waals surface area contributed by atoms with Gasteiger partial charge in [0, 0.05) is 25.5 Å². The summed E-state index contributed by atoms with van der Waals surface area (Å²) in [5.74, 6) is -0.0751. The Morgan fingerprint density at radius 1 is 1.47 bits per heavy atom. The lowest BCUT2D eigenvalue weighted by Crippen LogP contribution is -2.50. The molecular formula is C11H15N5O3. The summed E-state index contributed by atoms with van der Waals surface area (Å²) in [5, 5.41) is 16.1. The van der Waals surface area contributed by atoms with E-state index in [2.05, 4.69) is 15.1 Å². The Balaban J connectivity index is 1.93. The molecule has 0 bridgehead atoms. The van der Waals surface area contributed by atoms with Crippen LogP contribution in [-0.2, 0) is 4.84 Å². The summed E-state index contributed by atoms with van der Waals surface area (Å²) in [5.41, 5.74) is 0.552. The van der Waals surface area contributed by atoms with Crippen LogP contribution in [0.5, 0.6) is 0 Å². The molecule has 8 nitrogen and oxygen atoms in total. The van der Waals surface area contributed by atoms with Crippen molar-refractivity contribution in [1.82, 2.24) is 14.9 Å². The van der Waals surface area contributed by atoms with Crippen LogP contribution in [0.2, 0.25) is 0 Å². The molecule has 0 aromatic carbocycles. The van der Waals surface area contributed by atoms with Gasteiger partial charge in [0.05, 0.1) is 23.6 Å². The Hall–Kier alpha value is -2.38. The molecule has 1 amide bonds. The predicted molar refractivity (Wildman–Crippen MR) is 64.8 cm³/mol. The molecule has 1 fully saturated rings. The first-order valence-electron chi connectivity index (χ1n) is 5.88. The highest BCUT2D eigenvalue weighted by atomic mass is 16.7. The zero-order chi connectivity index (χ0) is 13.7. The standard InChI is InChI=1S/C11H15N5O3/c1-19-13-16(18)15-7-5-14(6-8-15)11(17)10-3-2-4-12-9-10/h2-4,9H,5-8H2,1H3/b16-13-. The number of hydrogen-bond acceptors (Lipinski definition) is 5. The number of piperazine rings is 1. The van der Waals surface area contributed by atoms with Crippen LogP contribution in [0.15, 0.2) is 29.8 Å². The molecule has 0 spiro atoms. The summed E-state index contributed by atoms with van der Waals surface area (Å²) in [4.78, 5) is 22.6. The molecule has 2 heterocycles. The molecule has 102 valence electrons. The van der Waals surface area contributed by atoms with Gasteiger partial charge in [-0.1, -0.05) is 0 Å². The van der Waals surface area contributed by atoms with Crippen molar-refractivity contribution in [3.8, 4) is 0 Å². The van der Waals surface area contributed by atoms with Crippen LogP contribution < -0.4 is 0 Å². The van der Waals surface area contributed by atoms with Gasteiger partial charge in [-0.25, -0.2) is 0 Å². The van der Waals surface area contributed by atoms with Crippen LogP contribution in [0.25, 0.3) is 0 Å². The number of nitrogens with zero attached hydrogens (tertiary/aromatic N) is 5. The Bertz CT molecular complexity index is 457. The molecule has 1 aromatic heterocycles. The average molecular weight is 265 g/mol. The predicted octanol–water partition coefficient (Wildman–Crippen LogP) is 0.278. The molecule has 1 saturated heterocycles. The number of amides is 1. The van der Waals surface area contributed by atoms with E-state index in [1.165, 1.54) is 18.3 Å². The van der Waals surface area contributed by atoms with Crippen molar-refractivity contribution in [3.05, 3.63) is 35.3 Å². The highest BCUT2D eigenvalue weighted by molar-refractivity contribution is 5.93. The van der Waals surface area contributed by atoms with Crippen molar-refractivity contribution in [1.29, 1.82) is 0 Å². The third kappa shape index (κ3) is 3.09. The van der Waals surface area contributed by atoms with Gasteiger partial charge in [-0.3, -0.25) is 9.78 Å². The van der Waals surface area contributed by atoms with E-state index in [0.29, 0.717) is 36.7 Å². The van der Waals surface area contributed by atoms with Crippen LogP contribution in [-0.4, -0.2) is 59.1 Å². The summed E-state index contributed by atoms with van der Waals surface area (Å²) in [6.45, 7) is 1.77. The third-order valence-corrected chi connectivity index (χ3v) is 2.85. The van der Waals surface area contributed by atoms with E-state index in [1.807, 2.05) is 0 Å². The first-order valence-corrected chi connectivity index (χ1v) is 5.88. The number of hydrogen-bond donors (Lipinski definition) is 0. The molecule has 0 aliphatic carbocycles. The maximum absolute atomic E-state index is 12.1. The molecule has 1 aliphatic rings. The molecule has 8 heteroatoms. The fourth-order valence-electron chi connectivity index (χ4n) is 1.86. The third-order valence-electron chi connectivity index (χ3n) is 2.85. The Morgan fingerprint density at radius 3 is 2.79 bits per heavy atom. The summed E-state index contributed by atoms with van der Waals surface area (Å²) < 4.78 is 0. The minimum atomic E-state index is -0.0751. The van der Waals surface area contributed by atoms with Gasteiger partial charge in [0.2, 0.25) is 5.28 Å². The quantitative estimate of drug-likeness (QED) is 0.445. The van der Waals surface area contributed by atoms with Crippen molar-refractivity contribution in [2.24, 2.45) is 5.28 Å². The number of pyridine rings is 1. The summed E-state index contributed by atoms with van der Waals surface area (Å²) in [6.07, 6.45) is 3.16. The zero-order valence-electron chi connectivity index (χ0n) is 10.6. The summed E-state index contributed by atoms with van der Waals surface area (Å²) >= 11 is 0. The fraction of sp³-hybridized carbons (Fsp3) is 0.455. The number of rotatable bonds is 3. The minimum Gasteiger partial charge on any atom is -0.569 e. The molecule has 1 aliphatic heterocycles. The molecule has 1 aromatic rings. The van der Waals surface area contributed by atoms with Crippen LogP contribution in [0.3, 0.4) is 0 Å². The zero-order valence-corrected chi connectivity index (χ0v) is 10.6. The summed E-state index contributed by atoms with van der Waals surface area (Å²) in [7, 11) is 1.31. The average Bonchev–Trinajstić information content (AvgIpc) is 2.48. The number of hydrazine groups is 1. The number of carbonyl (C=O) groups excluding carboxylic acids is 1. The lowest BCUT2D eigenvalue weighted by atomic mass is 10.2. The molecule has 19 heavy (non-hydrogen) atoms. The second-order valence-corrected chi connectivity index (χ2v) is 4.00. The normalized spacial score (nSPS) is 16.4. The Labute approximate surface area is 110 Å². The first-order chi connectivity index (χ1) is 9.22. The van der Waals surface area contributed by atoms with E-state index in [-0.39, 0.29) is 5.91 Å². The topological polar surface area (TPSA) is 84.1 Å². The van der Waals surface area contributed by atoms with Crippen molar-refractivity contribution in [2.75, 3.05) is 33.3 Å². The smallest absolute Gasteiger partial charge is 0.255 e. The lowest BCUT2D eigenvalue weighted by molar-refractivity contribution is -0.711. The highest BCUT2D eigenvalue weighted by Gasteiger charge is 2.26. The van der Waals surface area contributed by atoms with Crippen LogP contribution in [0, 0.1) is 5.21 Å². The van der Waals surface area contributed by atoms with Gasteiger partial charge in [0.25, 0.3) is 5.91 Å². The van der Waals surface area contributed by atoms with E-state index in [0.717, 1.165) is 0 Å². The van der Waals surface area contributed by atoms with Gasteiger partial charge in [-0.05, 0) is 12.1 Å². The SMILES string of the molecule is CO/N=[N+](\[O-])N1CCN(C(=O)c2cccnc2)CC1. The molecule has 0 atom stereocenters. The van der Waals surface area contributed by atoms with E-state index in [4.69, 9.17) is 0 Å². The summed E-state index contributed by atoms with van der Waals surface area (Å²) in [6, 6.07) is 3.45. The fourth-order valence-corrected chi connectivity index (χ4v) is 1.86. The number of aromatic nitrogens is 1. The van der Waals surface area contributed by atoms with Crippen LogP contribution in [0.1, 0.15) is 10.4 Å². The minimum absolute atomic E-state index is 0.0751. The van der Waals surface area contributed by atoms with Crippen LogP contribution >= 0.6 is 0 Å².